The number of carbonyl (C=O) groups excluding carboxylic acids is 1. The van der Waals surface area contributed by atoms with Crippen molar-refractivity contribution in [2.24, 2.45) is 29.6 Å². The van der Waals surface area contributed by atoms with Crippen molar-refractivity contribution in [3.8, 4) is 0 Å². The highest BCUT2D eigenvalue weighted by Crippen LogP contribution is 2.60. The zero-order valence-electron chi connectivity index (χ0n) is 46.8. The summed E-state index contributed by atoms with van der Waals surface area (Å²) in [5, 5.41) is 30.4. The molecular weight excluding hydrogens is 1020 g/mol. The minimum absolute atomic E-state index is 0.00901. The molecule has 1 saturated carbocycles. The molecule has 12 bridgehead atoms. The van der Waals surface area contributed by atoms with Gasteiger partial charge < -0.3 is 81.6 Å². The van der Waals surface area contributed by atoms with E-state index < -0.39 is 60.9 Å². The van der Waals surface area contributed by atoms with Gasteiger partial charge in [-0.05, 0) is 99.0 Å². The number of ether oxygens (including phenoxy) is 14. The molecule has 0 aromatic rings. The highest BCUT2D eigenvalue weighted by Gasteiger charge is 2.70. The highest BCUT2D eigenvalue weighted by molar-refractivity contribution is 5.70. The van der Waals surface area contributed by atoms with Gasteiger partial charge in [-0.2, -0.15) is 0 Å². The zero-order valence-corrected chi connectivity index (χ0v) is 46.8. The third-order valence-corrected chi connectivity index (χ3v) is 22.5. The van der Waals surface area contributed by atoms with E-state index in [2.05, 4.69) is 40.9 Å². The number of fused-ring (bicyclic) bond motifs is 10. The van der Waals surface area contributed by atoms with Crippen molar-refractivity contribution in [2.45, 2.75) is 313 Å². The van der Waals surface area contributed by atoms with Crippen LogP contribution in [0.15, 0.2) is 24.3 Å². The van der Waals surface area contributed by atoms with Crippen molar-refractivity contribution in [2.75, 3.05) is 6.61 Å². The molecule has 0 amide bonds. The Morgan fingerprint density at radius 3 is 2.10 bits per heavy atom. The van der Waals surface area contributed by atoms with Crippen LogP contribution >= 0.6 is 0 Å². The third kappa shape index (κ3) is 9.44. The second-order valence-electron chi connectivity index (χ2n) is 28.1. The Morgan fingerprint density at radius 1 is 0.532 bits per heavy atom. The molecule has 32 atom stereocenters. The molecule has 1 aliphatic carbocycles. The lowest BCUT2D eigenvalue weighted by Gasteiger charge is -2.51. The molecule has 2 unspecified atom stereocenters. The maximum Gasteiger partial charge on any atom is 0.308 e. The van der Waals surface area contributed by atoms with Crippen LogP contribution in [0.4, 0.5) is 0 Å². The standard InChI is InChI=1S/C61H88O18/c1-27-13-35-7-9-39-28(2)14-37(66-39)11-12-60-25-48-55(78-60)56-57(73-48)58(79-60)54-40(70-56)10-8-36(68-54)16-49(65)74-53-32(6)52-45(69-44(53)17-41(67-35)31(27)5)19-43-47(72-52)24-61(76-43)23-33-22-59(20-29(3)50(33)77-61)21-30(4)51-46(75-59)18-42(71-51)38(64)15-34(63)26-62/h27,29-30,32-48,50-58,62-64H,2,5,7-26H2,1,3-4,6H3/t27-,29+,30+,32+,33+,34+,35+,36-,37+,38-,39+,40+,41?,42+,43-,44+,45+,46+,47-,48?,50+,51+,52+,53-,54+,55+,56+,57-,58+,59-,60+,61-/m1/s1. The molecule has 440 valence electrons. The van der Waals surface area contributed by atoms with E-state index in [-0.39, 0.29) is 158 Å². The summed E-state index contributed by atoms with van der Waals surface area (Å²) in [5.74, 6) is -1.27. The van der Waals surface area contributed by atoms with Gasteiger partial charge in [-0.1, -0.05) is 40.9 Å². The molecule has 0 aromatic carbocycles. The number of hydrogen-bond acceptors (Lipinski definition) is 18. The van der Waals surface area contributed by atoms with Crippen LogP contribution in [-0.4, -0.2) is 192 Å². The van der Waals surface area contributed by atoms with Crippen LogP contribution in [0.25, 0.3) is 0 Å². The molecule has 16 rings (SSSR count). The molecule has 3 spiro atoms. The minimum Gasteiger partial charge on any atom is -0.459 e. The summed E-state index contributed by atoms with van der Waals surface area (Å²) in [6, 6.07) is 0. The monoisotopic (exact) mass is 1110 g/mol. The van der Waals surface area contributed by atoms with E-state index in [1.165, 1.54) is 0 Å². The highest BCUT2D eigenvalue weighted by atomic mass is 16.8. The molecule has 15 aliphatic heterocycles. The Morgan fingerprint density at radius 2 is 1.25 bits per heavy atom. The van der Waals surface area contributed by atoms with Crippen LogP contribution < -0.4 is 0 Å². The molecule has 18 nitrogen and oxygen atoms in total. The maximum absolute atomic E-state index is 14.6. The number of aliphatic hydroxyl groups excluding tert-OH is 3. The predicted molar refractivity (Wildman–Crippen MR) is 277 cm³/mol. The summed E-state index contributed by atoms with van der Waals surface area (Å²) >= 11 is 0. The van der Waals surface area contributed by atoms with Crippen LogP contribution in [0.5, 0.6) is 0 Å². The van der Waals surface area contributed by atoms with Crippen molar-refractivity contribution < 1.29 is 86.4 Å². The van der Waals surface area contributed by atoms with Crippen molar-refractivity contribution in [3.63, 3.8) is 0 Å². The topological polar surface area (TPSA) is 207 Å². The fraction of sp³-hybridized carbons (Fsp3) is 0.918. The van der Waals surface area contributed by atoms with E-state index >= 15 is 0 Å². The largest absolute Gasteiger partial charge is 0.459 e. The average molecular weight is 1110 g/mol. The fourth-order valence-corrected chi connectivity index (χ4v) is 19.0. The van der Waals surface area contributed by atoms with E-state index in [4.69, 9.17) is 66.3 Å². The van der Waals surface area contributed by atoms with E-state index in [0.717, 1.165) is 75.4 Å². The molecular formula is C61H88O18. The van der Waals surface area contributed by atoms with Gasteiger partial charge in [0, 0.05) is 57.3 Å². The quantitative estimate of drug-likeness (QED) is 0.232. The van der Waals surface area contributed by atoms with Gasteiger partial charge in [0.25, 0.3) is 0 Å². The number of rotatable bonds is 4. The molecule has 15 saturated heterocycles. The number of hydrogen-bond donors (Lipinski definition) is 3. The Labute approximate surface area is 464 Å². The number of carbonyl (C=O) groups is 1. The molecule has 18 heteroatoms. The SMILES string of the molecule is C=C1C2C[C@@H]3O[C@H]4C[C@H]5O[C@@]6(C[C@@H]7C[C@@]8(C[C@H](C)[C@@H]7O6)C[C@H](C)[C@@H]6O[C@H]([C@H](O)C[C@H](O)CO)C[C@@H]6O8)C[C@H]5O[C@H]4[C@H](C)[C@H]3OC(=O)C[C@H]3CC[C@@H]4O[C@@H]5[C@H]6OC7C[C@](CC[C@H]8CC(=C)[C@H](CC[C@@H](C[C@H]1C)O2)O8)(O[C@H]6[C@H]4O3)O[C@@H]75. The zero-order chi connectivity index (χ0) is 54.0. The van der Waals surface area contributed by atoms with Crippen molar-refractivity contribution in [1.82, 2.24) is 0 Å². The number of esters is 1. The van der Waals surface area contributed by atoms with Crippen LogP contribution in [-0.2, 0) is 71.1 Å². The maximum atomic E-state index is 14.6. The molecule has 16 aliphatic rings. The molecule has 15 heterocycles. The van der Waals surface area contributed by atoms with Gasteiger partial charge >= 0.3 is 5.97 Å². The molecule has 0 radical (unpaired) electrons. The van der Waals surface area contributed by atoms with Crippen LogP contribution in [0, 0.1) is 29.6 Å². The van der Waals surface area contributed by atoms with Crippen LogP contribution in [0.3, 0.4) is 0 Å². The first-order chi connectivity index (χ1) is 38.0. The van der Waals surface area contributed by atoms with E-state index in [1.54, 1.807) is 0 Å². The van der Waals surface area contributed by atoms with Crippen LogP contribution in [0.1, 0.15) is 150 Å². The lowest BCUT2D eigenvalue weighted by molar-refractivity contribution is -0.293. The van der Waals surface area contributed by atoms with Gasteiger partial charge in [0.15, 0.2) is 11.6 Å². The Balaban J connectivity index is 0.655. The van der Waals surface area contributed by atoms with Gasteiger partial charge in [-0.25, -0.2) is 0 Å². The van der Waals surface area contributed by atoms with Crippen molar-refractivity contribution in [3.05, 3.63) is 24.3 Å². The lowest BCUT2D eigenvalue weighted by Crippen LogP contribution is -2.62. The lowest BCUT2D eigenvalue weighted by atomic mass is 9.66. The van der Waals surface area contributed by atoms with Gasteiger partial charge in [0.2, 0.25) is 0 Å². The summed E-state index contributed by atoms with van der Waals surface area (Å²) < 4.78 is 97.1. The Kier molecular flexibility index (Phi) is 13.8. The summed E-state index contributed by atoms with van der Waals surface area (Å²) in [6.45, 7) is 17.6. The van der Waals surface area contributed by atoms with Crippen molar-refractivity contribution >= 4 is 5.97 Å². The second-order valence-corrected chi connectivity index (χ2v) is 28.1. The summed E-state index contributed by atoms with van der Waals surface area (Å²) in [4.78, 5) is 14.6. The first-order valence-electron chi connectivity index (χ1n) is 31.1. The number of aliphatic hydroxyl groups is 3. The third-order valence-electron chi connectivity index (χ3n) is 22.5. The Bertz CT molecular complexity index is 2340. The first kappa shape index (κ1) is 54.0. The minimum atomic E-state index is -0.991. The molecule has 79 heavy (non-hydrogen) atoms. The summed E-state index contributed by atoms with van der Waals surface area (Å²) in [7, 11) is 0. The summed E-state index contributed by atoms with van der Waals surface area (Å²) in [6.07, 6.45) is 5.15. The van der Waals surface area contributed by atoms with Crippen LogP contribution in [0.2, 0.25) is 0 Å². The van der Waals surface area contributed by atoms with Gasteiger partial charge in [0.1, 0.15) is 36.6 Å². The van der Waals surface area contributed by atoms with Gasteiger partial charge in [0.05, 0.1) is 129 Å². The smallest absolute Gasteiger partial charge is 0.308 e. The fourth-order valence-electron chi connectivity index (χ4n) is 19.0. The Hall–Kier alpha value is -1.69. The average Bonchev–Trinajstić information content (AvgIpc) is 4.45. The van der Waals surface area contributed by atoms with Gasteiger partial charge in [-0.3, -0.25) is 4.79 Å². The molecule has 3 N–H and O–H groups in total. The predicted octanol–water partition coefficient (Wildman–Crippen LogP) is 5.59. The van der Waals surface area contributed by atoms with E-state index in [0.29, 0.717) is 44.9 Å². The molecule has 16 fully saturated rings. The first-order valence-corrected chi connectivity index (χ1v) is 31.1. The normalized spacial score (nSPS) is 57.2. The summed E-state index contributed by atoms with van der Waals surface area (Å²) in [5.41, 5.74) is 1.82. The second kappa shape index (κ2) is 20.2. The van der Waals surface area contributed by atoms with Crippen molar-refractivity contribution in [1.29, 1.82) is 0 Å². The molecule has 0 aromatic heterocycles. The van der Waals surface area contributed by atoms with E-state index in [9.17, 15) is 20.1 Å². The van der Waals surface area contributed by atoms with Gasteiger partial charge in [-0.15, -0.1) is 0 Å². The van der Waals surface area contributed by atoms with E-state index in [1.807, 2.05) is 0 Å².